The van der Waals surface area contributed by atoms with Crippen molar-refractivity contribution in [2.45, 2.75) is 47.0 Å². The maximum atomic E-state index is 12.8. The Bertz CT molecular complexity index is 861. The van der Waals surface area contributed by atoms with Crippen molar-refractivity contribution in [2.24, 2.45) is 11.3 Å². The molecule has 1 aliphatic rings. The summed E-state index contributed by atoms with van der Waals surface area (Å²) >= 11 is 1.67. The molecule has 1 aromatic carbocycles. The lowest BCUT2D eigenvalue weighted by atomic mass is 9.72. The number of nitrogens with one attached hydrogen (secondary N) is 1. The highest BCUT2D eigenvalue weighted by Crippen LogP contribution is 2.40. The van der Waals surface area contributed by atoms with Crippen LogP contribution in [-0.4, -0.2) is 17.0 Å². The Morgan fingerprint density at radius 1 is 1.27 bits per heavy atom. The quantitative estimate of drug-likeness (QED) is 0.783. The molecule has 0 saturated heterocycles. The molecule has 1 unspecified atom stereocenters. The fraction of sp³-hybridized carbons (Fsp3) is 0.429. The number of carbonyl (C=O) groups excluding carboxylic acids is 1. The fourth-order valence-corrected chi connectivity index (χ4v) is 4.68. The van der Waals surface area contributed by atoms with Crippen LogP contribution in [0.5, 0.6) is 0 Å². The van der Waals surface area contributed by atoms with Crippen LogP contribution in [0.25, 0.3) is 0 Å². The zero-order valence-electron chi connectivity index (χ0n) is 15.7. The van der Waals surface area contributed by atoms with Gasteiger partial charge in [0.1, 0.15) is 0 Å². The fourth-order valence-electron chi connectivity index (χ4n) is 3.52. The number of aromatic carboxylic acids is 1. The van der Waals surface area contributed by atoms with E-state index in [0.717, 1.165) is 30.4 Å². The smallest absolute Gasteiger partial charge is 0.335 e. The van der Waals surface area contributed by atoms with Gasteiger partial charge in [0.25, 0.3) is 5.91 Å². The van der Waals surface area contributed by atoms with Gasteiger partial charge >= 0.3 is 5.97 Å². The summed E-state index contributed by atoms with van der Waals surface area (Å²) in [7, 11) is 0. The van der Waals surface area contributed by atoms with E-state index in [0.29, 0.717) is 11.6 Å². The van der Waals surface area contributed by atoms with E-state index >= 15 is 0 Å². The van der Waals surface area contributed by atoms with Gasteiger partial charge in [0.2, 0.25) is 0 Å². The van der Waals surface area contributed by atoms with Crippen LogP contribution in [0.2, 0.25) is 0 Å². The van der Waals surface area contributed by atoms with Crippen LogP contribution < -0.4 is 5.32 Å². The van der Waals surface area contributed by atoms with E-state index in [4.69, 9.17) is 5.11 Å². The third-order valence-corrected chi connectivity index (χ3v) is 6.41. The predicted molar refractivity (Wildman–Crippen MR) is 105 cm³/mol. The van der Waals surface area contributed by atoms with Gasteiger partial charge in [0, 0.05) is 15.9 Å². The topological polar surface area (TPSA) is 66.4 Å². The molecule has 0 spiro atoms. The van der Waals surface area contributed by atoms with Crippen molar-refractivity contribution < 1.29 is 14.7 Å². The second-order valence-electron chi connectivity index (χ2n) is 8.15. The summed E-state index contributed by atoms with van der Waals surface area (Å²) < 4.78 is 0. The van der Waals surface area contributed by atoms with Gasteiger partial charge in [-0.25, -0.2) is 4.79 Å². The molecule has 1 aliphatic carbocycles. The minimum absolute atomic E-state index is 0.151. The number of fused-ring (bicyclic) bond motifs is 1. The molecule has 1 atom stereocenters. The Kier molecular flexibility index (Phi) is 4.93. The number of benzene rings is 1. The maximum absolute atomic E-state index is 12.8. The Morgan fingerprint density at radius 3 is 2.65 bits per heavy atom. The monoisotopic (exact) mass is 371 g/mol. The summed E-state index contributed by atoms with van der Waals surface area (Å²) in [5.41, 5.74) is 3.75. The van der Waals surface area contributed by atoms with Gasteiger partial charge in [-0.15, -0.1) is 11.3 Å². The summed E-state index contributed by atoms with van der Waals surface area (Å²) in [6.45, 7) is 8.70. The number of hydrogen-bond acceptors (Lipinski definition) is 3. The molecule has 0 bridgehead atoms. The molecule has 0 saturated carbocycles. The van der Waals surface area contributed by atoms with Crippen LogP contribution in [0.3, 0.4) is 0 Å². The van der Waals surface area contributed by atoms with E-state index in [1.54, 1.807) is 23.5 Å². The van der Waals surface area contributed by atoms with Gasteiger partial charge in [-0.2, -0.15) is 0 Å². The number of hydrogen-bond donors (Lipinski definition) is 2. The van der Waals surface area contributed by atoms with Crippen LogP contribution in [0, 0.1) is 18.3 Å². The molecule has 26 heavy (non-hydrogen) atoms. The first kappa shape index (κ1) is 18.6. The van der Waals surface area contributed by atoms with Gasteiger partial charge in [-0.05, 0) is 60.8 Å². The van der Waals surface area contributed by atoms with Crippen LogP contribution >= 0.6 is 11.3 Å². The Balaban J connectivity index is 1.82. The molecule has 1 aromatic heterocycles. The number of rotatable bonds is 3. The molecule has 138 valence electrons. The first-order valence-electron chi connectivity index (χ1n) is 8.91. The van der Waals surface area contributed by atoms with E-state index < -0.39 is 5.97 Å². The third-order valence-electron chi connectivity index (χ3n) is 5.36. The number of thiophene rings is 1. The molecule has 1 amide bonds. The maximum Gasteiger partial charge on any atom is 0.335 e. The molecule has 0 aliphatic heterocycles. The van der Waals surface area contributed by atoms with Crippen molar-refractivity contribution in [1.82, 2.24) is 0 Å². The summed E-state index contributed by atoms with van der Waals surface area (Å²) in [5.74, 6) is -0.511. The highest BCUT2D eigenvalue weighted by molar-refractivity contribution is 7.10. The van der Waals surface area contributed by atoms with Crippen LogP contribution in [-0.2, 0) is 12.8 Å². The number of amides is 1. The van der Waals surface area contributed by atoms with E-state index in [-0.39, 0.29) is 16.9 Å². The van der Waals surface area contributed by atoms with E-state index in [9.17, 15) is 9.59 Å². The highest BCUT2D eigenvalue weighted by atomic mass is 32.1. The van der Waals surface area contributed by atoms with Crippen molar-refractivity contribution >= 4 is 28.9 Å². The van der Waals surface area contributed by atoms with E-state index in [1.165, 1.54) is 16.5 Å². The molecule has 0 radical (unpaired) electrons. The zero-order chi connectivity index (χ0) is 19.1. The number of carbonyl (C=O) groups is 2. The molecule has 5 heteroatoms. The Morgan fingerprint density at radius 2 is 2.00 bits per heavy atom. The molecule has 1 heterocycles. The normalized spacial score (nSPS) is 16.8. The van der Waals surface area contributed by atoms with Gasteiger partial charge in [0.15, 0.2) is 0 Å². The summed E-state index contributed by atoms with van der Waals surface area (Å²) in [5, 5.41) is 14.0. The zero-order valence-corrected chi connectivity index (χ0v) is 16.5. The SMILES string of the molecule is Cc1ccc(C(=O)O)cc1NC(=O)c1csc2c1CCC(C(C)(C)C)C2. The van der Waals surface area contributed by atoms with Crippen molar-refractivity contribution in [3.63, 3.8) is 0 Å². The molecular weight excluding hydrogens is 346 g/mol. The average Bonchev–Trinajstić information content (AvgIpc) is 2.99. The Hall–Kier alpha value is -2.14. The van der Waals surface area contributed by atoms with Crippen LogP contribution in [0.1, 0.15) is 63.9 Å². The van der Waals surface area contributed by atoms with E-state index in [1.807, 2.05) is 12.3 Å². The van der Waals surface area contributed by atoms with Gasteiger partial charge in [-0.3, -0.25) is 4.79 Å². The third kappa shape index (κ3) is 3.68. The van der Waals surface area contributed by atoms with Crippen molar-refractivity contribution in [3.8, 4) is 0 Å². The van der Waals surface area contributed by atoms with Crippen molar-refractivity contribution in [1.29, 1.82) is 0 Å². The summed E-state index contributed by atoms with van der Waals surface area (Å²) in [6.07, 6.45) is 3.06. The highest BCUT2D eigenvalue weighted by Gasteiger charge is 2.31. The molecule has 2 aromatic rings. The Labute approximate surface area is 158 Å². The van der Waals surface area contributed by atoms with Crippen molar-refractivity contribution in [3.05, 3.63) is 50.7 Å². The molecule has 3 rings (SSSR count). The van der Waals surface area contributed by atoms with Crippen LogP contribution in [0.15, 0.2) is 23.6 Å². The van der Waals surface area contributed by atoms with Gasteiger partial charge < -0.3 is 10.4 Å². The second kappa shape index (κ2) is 6.88. The van der Waals surface area contributed by atoms with Gasteiger partial charge in [-0.1, -0.05) is 26.8 Å². The predicted octanol–water partition coefficient (Wildman–Crippen LogP) is 5.16. The average molecular weight is 372 g/mol. The largest absolute Gasteiger partial charge is 0.478 e. The number of carboxylic acids is 1. The number of anilines is 1. The lowest BCUT2D eigenvalue weighted by Gasteiger charge is -2.34. The van der Waals surface area contributed by atoms with Crippen LogP contribution in [0.4, 0.5) is 5.69 Å². The summed E-state index contributed by atoms with van der Waals surface area (Å²) in [4.78, 5) is 25.3. The number of carboxylic acid groups (broad SMARTS) is 1. The lowest BCUT2D eigenvalue weighted by Crippen LogP contribution is -2.27. The summed E-state index contributed by atoms with van der Waals surface area (Å²) in [6, 6.07) is 4.78. The van der Waals surface area contributed by atoms with E-state index in [2.05, 4.69) is 26.1 Å². The van der Waals surface area contributed by atoms with Crippen molar-refractivity contribution in [2.75, 3.05) is 5.32 Å². The minimum atomic E-state index is -0.998. The molecular formula is C21H25NO3S. The van der Waals surface area contributed by atoms with Gasteiger partial charge in [0.05, 0.1) is 11.1 Å². The minimum Gasteiger partial charge on any atom is -0.478 e. The lowest BCUT2D eigenvalue weighted by molar-refractivity contribution is 0.0696. The first-order chi connectivity index (χ1) is 12.2. The standard InChI is InChI=1S/C21H25NO3S/c1-12-5-6-13(20(24)25)9-17(12)22-19(23)16-11-26-18-10-14(21(2,3)4)7-8-15(16)18/h5-6,9,11,14H,7-8,10H2,1-4H3,(H,22,23)(H,24,25). The second-order valence-corrected chi connectivity index (χ2v) is 9.11. The molecule has 0 fully saturated rings. The first-order valence-corrected chi connectivity index (χ1v) is 9.79. The number of aryl methyl sites for hydroxylation is 1. The molecule has 4 nitrogen and oxygen atoms in total. The molecule has 2 N–H and O–H groups in total.